The Morgan fingerprint density at radius 1 is 1.24 bits per heavy atom. The molecule has 1 aliphatic rings. The first-order chi connectivity index (χ1) is 8.43. The molecule has 0 amide bonds. The van der Waals surface area contributed by atoms with Crippen molar-refractivity contribution in [1.82, 2.24) is 0 Å². The van der Waals surface area contributed by atoms with E-state index in [1.165, 1.54) is 24.9 Å². The van der Waals surface area contributed by atoms with E-state index < -0.39 is 0 Å². The number of anilines is 1. The molecule has 0 fully saturated rings. The van der Waals surface area contributed by atoms with Crippen LogP contribution in [-0.2, 0) is 6.42 Å². The third-order valence-electron chi connectivity index (χ3n) is 3.57. The highest BCUT2D eigenvalue weighted by molar-refractivity contribution is 7.08. The molecule has 1 N–H and O–H groups in total. The van der Waals surface area contributed by atoms with Crippen molar-refractivity contribution >= 4 is 17.0 Å². The Balaban J connectivity index is 1.72. The lowest BCUT2D eigenvalue weighted by atomic mass is 9.83. The van der Waals surface area contributed by atoms with Gasteiger partial charge in [0.25, 0.3) is 0 Å². The Hall–Kier alpha value is -1.28. The minimum absolute atomic E-state index is 0.680. The Kier molecular flexibility index (Phi) is 3.14. The maximum Gasteiger partial charge on any atom is 0.0449 e. The first-order valence-corrected chi connectivity index (χ1v) is 7.21. The highest BCUT2D eigenvalue weighted by atomic mass is 32.1. The van der Waals surface area contributed by atoms with Crippen molar-refractivity contribution in [3.05, 3.63) is 52.2 Å². The molecule has 1 heterocycles. The molecule has 0 bridgehead atoms. The van der Waals surface area contributed by atoms with E-state index in [2.05, 4.69) is 46.4 Å². The van der Waals surface area contributed by atoms with Gasteiger partial charge in [0, 0.05) is 23.5 Å². The van der Waals surface area contributed by atoms with Crippen LogP contribution < -0.4 is 5.32 Å². The second kappa shape index (κ2) is 4.92. The monoisotopic (exact) mass is 243 g/mol. The van der Waals surface area contributed by atoms with E-state index in [9.17, 15) is 0 Å². The van der Waals surface area contributed by atoms with Crippen LogP contribution in [0.4, 0.5) is 5.69 Å². The molecule has 0 aliphatic heterocycles. The second-order valence-corrected chi connectivity index (χ2v) is 5.46. The molecule has 1 aromatic carbocycles. The lowest BCUT2D eigenvalue weighted by Crippen LogP contribution is -2.17. The quantitative estimate of drug-likeness (QED) is 0.848. The molecule has 2 heteroatoms. The summed E-state index contributed by atoms with van der Waals surface area (Å²) in [4.78, 5) is 0. The average molecular weight is 243 g/mol. The smallest absolute Gasteiger partial charge is 0.0449 e. The molecule has 1 aromatic heterocycles. The first kappa shape index (κ1) is 10.8. The van der Waals surface area contributed by atoms with Gasteiger partial charge in [-0.1, -0.05) is 24.3 Å². The fourth-order valence-electron chi connectivity index (χ4n) is 2.67. The Labute approximate surface area is 106 Å². The van der Waals surface area contributed by atoms with Gasteiger partial charge in [0.05, 0.1) is 0 Å². The third kappa shape index (κ3) is 2.37. The van der Waals surface area contributed by atoms with Crippen molar-refractivity contribution in [2.24, 2.45) is 0 Å². The minimum atomic E-state index is 0.680. The average Bonchev–Trinajstić information content (AvgIpc) is 2.89. The van der Waals surface area contributed by atoms with Crippen molar-refractivity contribution < 1.29 is 0 Å². The van der Waals surface area contributed by atoms with Crippen molar-refractivity contribution in [2.75, 3.05) is 11.9 Å². The maximum atomic E-state index is 3.55. The molecule has 0 saturated heterocycles. The summed E-state index contributed by atoms with van der Waals surface area (Å²) in [5.41, 5.74) is 4.37. The molecule has 3 rings (SSSR count). The highest BCUT2D eigenvalue weighted by Gasteiger charge is 2.19. The van der Waals surface area contributed by atoms with E-state index in [1.807, 2.05) is 0 Å². The van der Waals surface area contributed by atoms with E-state index in [4.69, 9.17) is 0 Å². The summed E-state index contributed by atoms with van der Waals surface area (Å²) in [6.45, 7) is 1.06. The van der Waals surface area contributed by atoms with Crippen LogP contribution in [-0.4, -0.2) is 6.54 Å². The number of hydrogen-bond donors (Lipinski definition) is 1. The van der Waals surface area contributed by atoms with Crippen LogP contribution in [0, 0.1) is 0 Å². The predicted molar refractivity (Wildman–Crippen MR) is 74.9 cm³/mol. The second-order valence-electron chi connectivity index (χ2n) is 4.68. The SMILES string of the molecule is c1ccc2c(c1)CCCC2CNc1ccsc1. The first-order valence-electron chi connectivity index (χ1n) is 6.27. The third-order valence-corrected chi connectivity index (χ3v) is 4.25. The number of benzene rings is 1. The molecule has 2 aromatic rings. The summed E-state index contributed by atoms with van der Waals surface area (Å²) in [5, 5.41) is 7.84. The van der Waals surface area contributed by atoms with Gasteiger partial charge in [-0.15, -0.1) is 0 Å². The topological polar surface area (TPSA) is 12.0 Å². The van der Waals surface area contributed by atoms with Gasteiger partial charge in [-0.05, 0) is 41.8 Å². The number of hydrogen-bond acceptors (Lipinski definition) is 2. The summed E-state index contributed by atoms with van der Waals surface area (Å²) in [5.74, 6) is 0.680. The standard InChI is InChI=1S/C15H17NS/c1-2-7-15-12(4-1)5-3-6-13(15)10-16-14-8-9-17-11-14/h1-2,4,7-9,11,13,16H,3,5-6,10H2. The van der Waals surface area contributed by atoms with Gasteiger partial charge >= 0.3 is 0 Å². The molecule has 0 radical (unpaired) electrons. The maximum absolute atomic E-state index is 3.55. The molecule has 0 saturated carbocycles. The summed E-state index contributed by atoms with van der Waals surface area (Å²) in [7, 11) is 0. The zero-order valence-electron chi connectivity index (χ0n) is 9.86. The molecule has 88 valence electrons. The lowest BCUT2D eigenvalue weighted by molar-refractivity contribution is 0.572. The van der Waals surface area contributed by atoms with Gasteiger partial charge in [0.15, 0.2) is 0 Å². The van der Waals surface area contributed by atoms with Gasteiger partial charge in [-0.2, -0.15) is 11.3 Å². The summed E-state index contributed by atoms with van der Waals surface area (Å²) >= 11 is 1.75. The number of thiophene rings is 1. The summed E-state index contributed by atoms with van der Waals surface area (Å²) < 4.78 is 0. The van der Waals surface area contributed by atoms with Crippen LogP contribution in [0.3, 0.4) is 0 Å². The van der Waals surface area contributed by atoms with E-state index in [0.29, 0.717) is 5.92 Å². The van der Waals surface area contributed by atoms with Gasteiger partial charge in [0.2, 0.25) is 0 Å². The summed E-state index contributed by atoms with van der Waals surface area (Å²) in [6, 6.07) is 11.1. The number of aryl methyl sites for hydroxylation is 1. The van der Waals surface area contributed by atoms with Crippen molar-refractivity contribution in [2.45, 2.75) is 25.2 Å². The van der Waals surface area contributed by atoms with Crippen LogP contribution in [0.15, 0.2) is 41.1 Å². The molecular weight excluding hydrogens is 226 g/mol. The molecule has 0 spiro atoms. The van der Waals surface area contributed by atoms with Crippen molar-refractivity contribution in [1.29, 1.82) is 0 Å². The molecule has 1 atom stereocenters. The number of rotatable bonds is 3. The normalized spacial score (nSPS) is 18.7. The van der Waals surface area contributed by atoms with Gasteiger partial charge in [-0.3, -0.25) is 0 Å². The molecule has 1 nitrogen and oxygen atoms in total. The minimum Gasteiger partial charge on any atom is -0.384 e. The van der Waals surface area contributed by atoms with Crippen LogP contribution in [0.1, 0.15) is 29.9 Å². The highest BCUT2D eigenvalue weighted by Crippen LogP contribution is 2.31. The van der Waals surface area contributed by atoms with Crippen molar-refractivity contribution in [3.8, 4) is 0 Å². The van der Waals surface area contributed by atoms with Gasteiger partial charge < -0.3 is 5.32 Å². The Morgan fingerprint density at radius 2 is 2.18 bits per heavy atom. The van der Waals surface area contributed by atoms with E-state index in [-0.39, 0.29) is 0 Å². The Morgan fingerprint density at radius 3 is 3.06 bits per heavy atom. The van der Waals surface area contributed by atoms with Gasteiger partial charge in [0.1, 0.15) is 0 Å². The fraction of sp³-hybridized carbons (Fsp3) is 0.333. The number of nitrogens with one attached hydrogen (secondary N) is 1. The van der Waals surface area contributed by atoms with E-state index >= 15 is 0 Å². The van der Waals surface area contributed by atoms with E-state index in [0.717, 1.165) is 6.54 Å². The largest absolute Gasteiger partial charge is 0.384 e. The van der Waals surface area contributed by atoms with Crippen LogP contribution in [0.5, 0.6) is 0 Å². The molecule has 1 aliphatic carbocycles. The van der Waals surface area contributed by atoms with Crippen LogP contribution >= 0.6 is 11.3 Å². The van der Waals surface area contributed by atoms with Crippen LogP contribution in [0.25, 0.3) is 0 Å². The molecule has 1 unspecified atom stereocenters. The summed E-state index contributed by atoms with van der Waals surface area (Å²) in [6.07, 6.45) is 3.90. The predicted octanol–water partition coefficient (Wildman–Crippen LogP) is 4.28. The molecular formula is C15H17NS. The number of fused-ring (bicyclic) bond motifs is 1. The zero-order valence-corrected chi connectivity index (χ0v) is 10.7. The zero-order chi connectivity index (χ0) is 11.5. The van der Waals surface area contributed by atoms with Crippen molar-refractivity contribution in [3.63, 3.8) is 0 Å². The van der Waals surface area contributed by atoms with Crippen LogP contribution in [0.2, 0.25) is 0 Å². The van der Waals surface area contributed by atoms with Gasteiger partial charge in [-0.25, -0.2) is 0 Å². The van der Waals surface area contributed by atoms with E-state index in [1.54, 1.807) is 22.5 Å². The lowest BCUT2D eigenvalue weighted by Gasteiger charge is -2.25. The molecule has 17 heavy (non-hydrogen) atoms. The fourth-order valence-corrected chi connectivity index (χ4v) is 3.28. The Bertz CT molecular complexity index is 475.